The minimum absolute atomic E-state index is 0.265. The van der Waals surface area contributed by atoms with Crippen molar-refractivity contribution in [1.82, 2.24) is 0 Å². The molecule has 1 atom stereocenters. The van der Waals surface area contributed by atoms with Crippen LogP contribution in [-0.2, 0) is 26.1 Å². The summed E-state index contributed by atoms with van der Waals surface area (Å²) in [6.07, 6.45) is 5.95. The van der Waals surface area contributed by atoms with E-state index in [0.29, 0.717) is 18.0 Å². The fourth-order valence-corrected chi connectivity index (χ4v) is 6.75. The van der Waals surface area contributed by atoms with Gasteiger partial charge in [-0.1, -0.05) is 32.3 Å². The molecule has 4 nitrogen and oxygen atoms in total. The number of nitrogens with zero attached hydrogens (tertiary/aromatic N) is 1. The number of anilines is 1. The van der Waals surface area contributed by atoms with Crippen molar-refractivity contribution < 1.29 is 30.7 Å². The summed E-state index contributed by atoms with van der Waals surface area (Å²) in [6.45, 7) is 7.71. The van der Waals surface area contributed by atoms with Crippen molar-refractivity contribution in [3.63, 3.8) is 0 Å². The van der Waals surface area contributed by atoms with Gasteiger partial charge in [-0.05, 0) is 50.5 Å². The van der Waals surface area contributed by atoms with Gasteiger partial charge in [-0.15, -0.1) is 0 Å². The largest absolute Gasteiger partial charge is 0.471 e. The maximum absolute atomic E-state index is 14.3. The minimum Gasteiger partial charge on any atom is -0.471 e. The van der Waals surface area contributed by atoms with Crippen molar-refractivity contribution in [2.75, 3.05) is 11.4 Å². The van der Waals surface area contributed by atoms with E-state index in [2.05, 4.69) is 6.58 Å². The van der Waals surface area contributed by atoms with Gasteiger partial charge in [0.2, 0.25) is 0 Å². The van der Waals surface area contributed by atoms with E-state index in [1.165, 1.54) is 6.42 Å². The summed E-state index contributed by atoms with van der Waals surface area (Å²) in [6, 6.07) is 5.24. The predicted molar refractivity (Wildman–Crippen MR) is 131 cm³/mol. The molecular formula is C27H31F4NO3S. The van der Waals surface area contributed by atoms with Crippen molar-refractivity contribution in [2.45, 2.75) is 70.0 Å². The van der Waals surface area contributed by atoms with Gasteiger partial charge in [-0.3, -0.25) is 0 Å². The lowest BCUT2D eigenvalue weighted by Gasteiger charge is -2.41. The van der Waals surface area contributed by atoms with Gasteiger partial charge >= 0.3 is 0 Å². The lowest BCUT2D eigenvalue weighted by atomic mass is 9.81. The van der Waals surface area contributed by atoms with Crippen LogP contribution in [0.4, 0.5) is 23.2 Å². The Morgan fingerprint density at radius 3 is 2.25 bits per heavy atom. The average Bonchev–Trinajstić information content (AvgIpc) is 2.86. The molecule has 4 rings (SSSR count). The summed E-state index contributed by atoms with van der Waals surface area (Å²) in [5.41, 5.74) is 0.232. The Bertz CT molecular complexity index is 1240. The minimum atomic E-state index is -4.17. The molecule has 0 aromatic heterocycles. The molecule has 1 saturated carbocycles. The van der Waals surface area contributed by atoms with E-state index in [-0.39, 0.29) is 12.0 Å². The molecule has 1 heterocycles. The van der Waals surface area contributed by atoms with Crippen molar-refractivity contribution >= 4 is 15.5 Å². The predicted octanol–water partition coefficient (Wildman–Crippen LogP) is 7.01. The van der Waals surface area contributed by atoms with Crippen LogP contribution in [0.2, 0.25) is 0 Å². The van der Waals surface area contributed by atoms with E-state index >= 15 is 0 Å². The highest BCUT2D eigenvalue weighted by Crippen LogP contribution is 2.46. The molecule has 1 aliphatic carbocycles. The van der Waals surface area contributed by atoms with Crippen LogP contribution in [0.5, 0.6) is 0 Å². The first kappa shape index (κ1) is 26.5. The summed E-state index contributed by atoms with van der Waals surface area (Å²) in [5.74, 6) is -7.39. The first-order valence-corrected chi connectivity index (χ1v) is 14.1. The van der Waals surface area contributed by atoms with Gasteiger partial charge in [0.1, 0.15) is 6.10 Å². The van der Waals surface area contributed by atoms with Crippen molar-refractivity contribution in [3.8, 4) is 0 Å². The van der Waals surface area contributed by atoms with Crippen LogP contribution in [0.3, 0.4) is 0 Å². The summed E-state index contributed by atoms with van der Waals surface area (Å²) in [4.78, 5) is 1.97. The second kappa shape index (κ2) is 10.4. The first-order chi connectivity index (χ1) is 17.0. The van der Waals surface area contributed by atoms with E-state index in [1.807, 2.05) is 17.9 Å². The van der Waals surface area contributed by atoms with Crippen molar-refractivity contribution in [2.24, 2.45) is 5.92 Å². The van der Waals surface area contributed by atoms with E-state index in [1.54, 1.807) is 12.1 Å². The zero-order valence-electron chi connectivity index (χ0n) is 20.5. The first-order valence-electron chi connectivity index (χ1n) is 12.3. The smallest absolute Gasteiger partial charge is 0.187 e. The molecule has 0 radical (unpaired) electrons. The number of rotatable bonds is 7. The topological polar surface area (TPSA) is 46.6 Å². The number of fused-ring (bicyclic) bond motifs is 1. The van der Waals surface area contributed by atoms with Gasteiger partial charge in [0.25, 0.3) is 0 Å². The monoisotopic (exact) mass is 525 g/mol. The number of hydrogen-bond donors (Lipinski definition) is 0. The Morgan fingerprint density at radius 2 is 1.64 bits per heavy atom. The SMILES string of the molecule is C=C1OC(C2CCCCC2)c2cc(CS(=O)(=O)Cc3c(F)c(F)c(C)c(F)c3F)ccc2N1CCC. The van der Waals surface area contributed by atoms with Crippen LogP contribution in [0, 0.1) is 36.1 Å². The summed E-state index contributed by atoms with van der Waals surface area (Å²) < 4.78 is 88.7. The second-order valence-electron chi connectivity index (χ2n) is 9.77. The standard InChI is InChI=1S/C27H31F4NO3S/c1-4-12-32-17(3)35-27(19-8-6-5-7-9-19)20-13-18(10-11-22(20)32)14-36(33,34)15-21-25(30)23(28)16(2)24(29)26(21)31/h10-11,13,19,27H,3-9,12,14-15H2,1-2H3. The zero-order chi connectivity index (χ0) is 26.2. The van der Waals surface area contributed by atoms with Gasteiger partial charge in [0.05, 0.1) is 17.2 Å². The molecule has 9 heteroatoms. The summed E-state index contributed by atoms with van der Waals surface area (Å²) in [7, 11) is -4.17. The molecule has 1 fully saturated rings. The molecule has 2 aliphatic rings. The number of ether oxygens (including phenoxy) is 1. The number of sulfone groups is 1. The second-order valence-corrected chi connectivity index (χ2v) is 11.8. The van der Waals surface area contributed by atoms with Crippen LogP contribution in [0.1, 0.15) is 73.8 Å². The molecule has 0 N–H and O–H groups in total. The van der Waals surface area contributed by atoms with Crippen LogP contribution in [-0.4, -0.2) is 15.0 Å². The lowest BCUT2D eigenvalue weighted by Crippen LogP contribution is -2.34. The molecular weight excluding hydrogens is 494 g/mol. The van der Waals surface area contributed by atoms with E-state index in [9.17, 15) is 26.0 Å². The fraction of sp³-hybridized carbons (Fsp3) is 0.481. The third-order valence-corrected chi connectivity index (χ3v) is 8.60. The molecule has 0 bridgehead atoms. The zero-order valence-corrected chi connectivity index (χ0v) is 21.4. The quantitative estimate of drug-likeness (QED) is 0.288. The summed E-state index contributed by atoms with van der Waals surface area (Å²) >= 11 is 0. The molecule has 2 aromatic rings. The highest BCUT2D eigenvalue weighted by Gasteiger charge is 2.35. The van der Waals surface area contributed by atoms with Gasteiger partial charge in [0, 0.05) is 29.2 Å². The lowest BCUT2D eigenvalue weighted by molar-refractivity contribution is 0.0361. The molecule has 0 amide bonds. The molecule has 0 saturated heterocycles. The third-order valence-electron chi connectivity index (χ3n) is 7.10. The van der Waals surface area contributed by atoms with E-state index in [4.69, 9.17) is 4.74 Å². The number of benzene rings is 2. The van der Waals surface area contributed by atoms with Crippen molar-refractivity contribution in [1.29, 1.82) is 0 Å². The number of hydrogen-bond acceptors (Lipinski definition) is 4. The third kappa shape index (κ3) is 5.12. The van der Waals surface area contributed by atoms with Gasteiger partial charge in [0.15, 0.2) is 39.0 Å². The van der Waals surface area contributed by atoms with E-state index < -0.39 is 55.7 Å². The Labute approximate surface area is 209 Å². The maximum Gasteiger partial charge on any atom is 0.187 e. The Morgan fingerprint density at radius 1 is 1.00 bits per heavy atom. The average molecular weight is 526 g/mol. The van der Waals surface area contributed by atoms with Crippen LogP contribution in [0.15, 0.2) is 30.7 Å². The van der Waals surface area contributed by atoms with Crippen LogP contribution >= 0.6 is 0 Å². The van der Waals surface area contributed by atoms with Gasteiger partial charge in [-0.2, -0.15) is 0 Å². The number of halogens is 4. The van der Waals surface area contributed by atoms with Crippen LogP contribution in [0.25, 0.3) is 0 Å². The molecule has 196 valence electrons. The molecule has 2 aromatic carbocycles. The van der Waals surface area contributed by atoms with Gasteiger partial charge in [-0.25, -0.2) is 26.0 Å². The Balaban J connectivity index is 1.67. The normalized spacial score (nSPS) is 18.8. The molecule has 1 aliphatic heterocycles. The fourth-order valence-electron chi connectivity index (χ4n) is 5.27. The highest BCUT2D eigenvalue weighted by molar-refractivity contribution is 7.89. The Hall–Kier alpha value is -2.55. The molecule has 0 spiro atoms. The molecule has 1 unspecified atom stereocenters. The highest BCUT2D eigenvalue weighted by atomic mass is 32.2. The van der Waals surface area contributed by atoms with Crippen LogP contribution < -0.4 is 4.90 Å². The van der Waals surface area contributed by atoms with Gasteiger partial charge < -0.3 is 9.64 Å². The summed E-state index contributed by atoms with van der Waals surface area (Å²) in [5, 5.41) is 0. The maximum atomic E-state index is 14.3. The van der Waals surface area contributed by atoms with E-state index in [0.717, 1.165) is 50.3 Å². The van der Waals surface area contributed by atoms with Crippen molar-refractivity contribution in [3.05, 3.63) is 76.2 Å². The Kier molecular flexibility index (Phi) is 7.69. The molecule has 36 heavy (non-hydrogen) atoms.